The highest BCUT2D eigenvalue weighted by Gasteiger charge is 2.12. The van der Waals surface area contributed by atoms with Gasteiger partial charge in [-0.2, -0.15) is 0 Å². The van der Waals surface area contributed by atoms with Gasteiger partial charge in [-0.25, -0.2) is 4.98 Å². The third-order valence-electron chi connectivity index (χ3n) is 2.48. The zero-order valence-corrected chi connectivity index (χ0v) is 9.60. The van der Waals surface area contributed by atoms with E-state index in [0.29, 0.717) is 6.54 Å². The van der Waals surface area contributed by atoms with Gasteiger partial charge in [-0.05, 0) is 25.5 Å². The van der Waals surface area contributed by atoms with Gasteiger partial charge in [0.05, 0.1) is 11.7 Å². The molecule has 0 amide bonds. The Bertz CT molecular complexity index is 556. The van der Waals surface area contributed by atoms with Crippen LogP contribution in [0.15, 0.2) is 11.1 Å². The van der Waals surface area contributed by atoms with Gasteiger partial charge in [-0.15, -0.1) is 11.3 Å². The summed E-state index contributed by atoms with van der Waals surface area (Å²) in [7, 11) is 1.72. The lowest BCUT2D eigenvalue weighted by molar-refractivity contribution is 0.843. The van der Waals surface area contributed by atoms with Crippen LogP contribution in [-0.4, -0.2) is 16.1 Å². The molecule has 0 atom stereocenters. The van der Waals surface area contributed by atoms with Crippen LogP contribution >= 0.6 is 11.3 Å². The molecule has 0 aliphatic heterocycles. The number of nitrogens with two attached hydrogens (primary N) is 1. The van der Waals surface area contributed by atoms with Gasteiger partial charge in [0.1, 0.15) is 4.83 Å². The predicted octanol–water partition coefficient (Wildman–Crippen LogP) is 0.805. The van der Waals surface area contributed by atoms with Gasteiger partial charge in [-0.3, -0.25) is 4.79 Å². The molecule has 0 aliphatic rings. The average Bonchev–Trinajstić information content (AvgIpc) is 2.52. The van der Waals surface area contributed by atoms with Crippen molar-refractivity contribution in [2.24, 2.45) is 12.8 Å². The number of hydrogen-bond acceptors (Lipinski definition) is 4. The molecule has 0 saturated carbocycles. The van der Waals surface area contributed by atoms with Gasteiger partial charge in [0.2, 0.25) is 0 Å². The molecule has 0 bridgehead atoms. The number of fused-ring (bicyclic) bond motifs is 1. The van der Waals surface area contributed by atoms with E-state index in [4.69, 9.17) is 5.73 Å². The van der Waals surface area contributed by atoms with Crippen molar-refractivity contribution in [3.8, 4) is 0 Å². The van der Waals surface area contributed by atoms with E-state index in [0.717, 1.165) is 22.2 Å². The van der Waals surface area contributed by atoms with E-state index in [1.54, 1.807) is 24.7 Å². The molecular weight excluding hydrogens is 210 g/mol. The maximum Gasteiger partial charge on any atom is 0.262 e. The summed E-state index contributed by atoms with van der Waals surface area (Å²) in [6, 6.07) is 0. The minimum Gasteiger partial charge on any atom is -0.330 e. The van der Waals surface area contributed by atoms with Crippen LogP contribution in [0.3, 0.4) is 0 Å². The largest absolute Gasteiger partial charge is 0.330 e. The molecule has 2 heterocycles. The predicted molar refractivity (Wildman–Crippen MR) is 62.4 cm³/mol. The molecule has 2 rings (SSSR count). The lowest BCUT2D eigenvalue weighted by atomic mass is 10.2. The van der Waals surface area contributed by atoms with Crippen LogP contribution in [-0.2, 0) is 13.5 Å². The molecule has 2 aromatic rings. The van der Waals surface area contributed by atoms with Crippen molar-refractivity contribution >= 4 is 21.6 Å². The van der Waals surface area contributed by atoms with Crippen molar-refractivity contribution in [2.45, 2.75) is 13.3 Å². The number of aryl methyl sites for hydroxylation is 2. The van der Waals surface area contributed by atoms with Gasteiger partial charge >= 0.3 is 0 Å². The quantitative estimate of drug-likeness (QED) is 0.819. The third kappa shape index (κ3) is 1.57. The molecule has 2 N–H and O–H groups in total. The summed E-state index contributed by atoms with van der Waals surface area (Å²) < 4.78 is 1.51. The molecule has 0 unspecified atom stereocenters. The molecule has 0 radical (unpaired) electrons. The highest BCUT2D eigenvalue weighted by molar-refractivity contribution is 7.18. The second-order valence-corrected chi connectivity index (χ2v) is 4.61. The first-order valence-electron chi connectivity index (χ1n) is 4.78. The smallest absolute Gasteiger partial charge is 0.262 e. The zero-order valence-electron chi connectivity index (χ0n) is 8.78. The lowest BCUT2D eigenvalue weighted by Crippen LogP contribution is -2.16. The van der Waals surface area contributed by atoms with Gasteiger partial charge in [-0.1, -0.05) is 0 Å². The van der Waals surface area contributed by atoms with Crippen LogP contribution in [0.2, 0.25) is 0 Å². The summed E-state index contributed by atoms with van der Waals surface area (Å²) in [6.07, 6.45) is 2.38. The van der Waals surface area contributed by atoms with E-state index in [9.17, 15) is 4.79 Å². The SMILES string of the molecule is Cc1c(CCN)sc2ncn(C)c(=O)c12. The lowest BCUT2D eigenvalue weighted by Gasteiger charge is -1.96. The number of nitrogens with zero attached hydrogens (tertiary/aromatic N) is 2. The van der Waals surface area contributed by atoms with E-state index >= 15 is 0 Å². The molecule has 0 spiro atoms. The molecule has 0 aliphatic carbocycles. The fraction of sp³-hybridized carbons (Fsp3) is 0.400. The number of aromatic nitrogens is 2. The summed E-state index contributed by atoms with van der Waals surface area (Å²) in [5.74, 6) is 0. The van der Waals surface area contributed by atoms with Crippen LogP contribution in [0.1, 0.15) is 10.4 Å². The van der Waals surface area contributed by atoms with Crippen LogP contribution in [0, 0.1) is 6.92 Å². The Hall–Kier alpha value is -1.20. The molecule has 2 aromatic heterocycles. The van der Waals surface area contributed by atoms with Crippen molar-refractivity contribution in [3.05, 3.63) is 27.1 Å². The topological polar surface area (TPSA) is 60.9 Å². The number of thiophene rings is 1. The van der Waals surface area contributed by atoms with Crippen molar-refractivity contribution in [1.82, 2.24) is 9.55 Å². The van der Waals surface area contributed by atoms with Gasteiger partial charge in [0, 0.05) is 11.9 Å². The first-order chi connectivity index (χ1) is 7.15. The molecule has 4 nitrogen and oxygen atoms in total. The Morgan fingerprint density at radius 2 is 2.33 bits per heavy atom. The van der Waals surface area contributed by atoms with Crippen LogP contribution in [0.4, 0.5) is 0 Å². The van der Waals surface area contributed by atoms with Gasteiger partial charge < -0.3 is 10.3 Å². The third-order valence-corrected chi connectivity index (χ3v) is 3.74. The fourth-order valence-corrected chi connectivity index (χ4v) is 2.78. The zero-order chi connectivity index (χ0) is 11.0. The van der Waals surface area contributed by atoms with E-state index in [2.05, 4.69) is 4.98 Å². The Labute approximate surface area is 91.4 Å². The molecular formula is C10H13N3OS. The minimum atomic E-state index is 0.0250. The molecule has 5 heteroatoms. The van der Waals surface area contributed by atoms with Gasteiger partial charge in [0.15, 0.2) is 0 Å². The van der Waals surface area contributed by atoms with E-state index in [1.807, 2.05) is 6.92 Å². The number of rotatable bonds is 2. The summed E-state index contributed by atoms with van der Waals surface area (Å²) in [4.78, 5) is 18.1. The molecule has 0 fully saturated rings. The molecule has 0 saturated heterocycles. The van der Waals surface area contributed by atoms with Gasteiger partial charge in [0.25, 0.3) is 5.56 Å². The second kappa shape index (κ2) is 3.75. The van der Waals surface area contributed by atoms with Crippen LogP contribution < -0.4 is 11.3 Å². The summed E-state index contributed by atoms with van der Waals surface area (Å²) >= 11 is 1.57. The van der Waals surface area contributed by atoms with Crippen LogP contribution in [0.25, 0.3) is 10.2 Å². The molecule has 0 aromatic carbocycles. The Morgan fingerprint density at radius 3 is 3.00 bits per heavy atom. The van der Waals surface area contributed by atoms with E-state index < -0.39 is 0 Å². The highest BCUT2D eigenvalue weighted by Crippen LogP contribution is 2.26. The average molecular weight is 223 g/mol. The first kappa shape index (κ1) is 10.3. The summed E-state index contributed by atoms with van der Waals surface area (Å²) in [6.45, 7) is 2.57. The van der Waals surface area contributed by atoms with E-state index in [1.165, 1.54) is 9.44 Å². The fourth-order valence-electron chi connectivity index (χ4n) is 1.62. The first-order valence-corrected chi connectivity index (χ1v) is 5.60. The summed E-state index contributed by atoms with van der Waals surface area (Å²) in [5, 5.41) is 0.744. The van der Waals surface area contributed by atoms with E-state index in [-0.39, 0.29) is 5.56 Å². The van der Waals surface area contributed by atoms with Crippen molar-refractivity contribution in [2.75, 3.05) is 6.54 Å². The maximum absolute atomic E-state index is 11.9. The monoisotopic (exact) mass is 223 g/mol. The minimum absolute atomic E-state index is 0.0250. The normalized spacial score (nSPS) is 11.1. The van der Waals surface area contributed by atoms with Crippen molar-refractivity contribution in [3.63, 3.8) is 0 Å². The standard InChI is InChI=1S/C10H13N3OS/c1-6-7(3-4-11)15-9-8(6)10(14)13(2)5-12-9/h5H,3-4,11H2,1-2H3. The Morgan fingerprint density at radius 1 is 1.60 bits per heavy atom. The Kier molecular flexibility index (Phi) is 2.58. The summed E-state index contributed by atoms with van der Waals surface area (Å²) in [5.41, 5.74) is 6.58. The maximum atomic E-state index is 11.9. The number of hydrogen-bond donors (Lipinski definition) is 1. The molecule has 15 heavy (non-hydrogen) atoms. The molecule has 80 valence electrons. The second-order valence-electron chi connectivity index (χ2n) is 3.53. The van der Waals surface area contributed by atoms with Crippen molar-refractivity contribution in [1.29, 1.82) is 0 Å². The van der Waals surface area contributed by atoms with Crippen LogP contribution in [0.5, 0.6) is 0 Å². The van der Waals surface area contributed by atoms with Crippen molar-refractivity contribution < 1.29 is 0 Å². The highest BCUT2D eigenvalue weighted by atomic mass is 32.1. The Balaban J connectivity index is 2.78.